The van der Waals surface area contributed by atoms with Crippen LogP contribution >= 0.6 is 11.3 Å². The van der Waals surface area contributed by atoms with Gasteiger partial charge in [-0.2, -0.15) is 0 Å². The molecule has 18 heavy (non-hydrogen) atoms. The zero-order chi connectivity index (χ0) is 14.0. The highest BCUT2D eigenvalue weighted by Crippen LogP contribution is 2.13. The number of aromatic nitrogens is 1. The van der Waals surface area contributed by atoms with Crippen molar-refractivity contribution < 1.29 is 26.7 Å². The van der Waals surface area contributed by atoms with Crippen molar-refractivity contribution in [2.75, 3.05) is 17.8 Å². The Kier molecular flexibility index (Phi) is 4.46. The van der Waals surface area contributed by atoms with Crippen LogP contribution in [0, 0.1) is 0 Å². The number of carboxylic acids is 1. The number of aromatic carboxylic acids is 1. The average molecular weight is 313 g/mol. The lowest BCUT2D eigenvalue weighted by Gasteiger charge is -2.00. The Balaban J connectivity index is 2.73. The first-order chi connectivity index (χ1) is 8.09. The fourth-order valence-electron chi connectivity index (χ4n) is 1.05. The van der Waals surface area contributed by atoms with Crippen molar-refractivity contribution >= 4 is 37.0 Å². The Bertz CT molecular complexity index is 642. The lowest BCUT2D eigenvalue weighted by Crippen LogP contribution is -2.17. The highest BCUT2D eigenvalue weighted by atomic mass is 32.2. The summed E-state index contributed by atoms with van der Waals surface area (Å²) in [7, 11) is -6.96. The lowest BCUT2D eigenvalue weighted by molar-refractivity contribution is 0.0696. The molecule has 0 spiro atoms. The third kappa shape index (κ3) is 5.10. The molecule has 1 rings (SSSR count). The van der Waals surface area contributed by atoms with Crippen molar-refractivity contribution in [3.8, 4) is 0 Å². The van der Waals surface area contributed by atoms with Gasteiger partial charge < -0.3 is 5.11 Å². The third-order valence-electron chi connectivity index (χ3n) is 1.87. The van der Waals surface area contributed by atoms with E-state index in [4.69, 9.17) is 5.11 Å². The van der Waals surface area contributed by atoms with Gasteiger partial charge in [0.05, 0.1) is 23.0 Å². The van der Waals surface area contributed by atoms with Gasteiger partial charge in [-0.05, 0) is 0 Å². The predicted octanol–water partition coefficient (Wildman–Crippen LogP) is -0.199. The van der Waals surface area contributed by atoms with Crippen LogP contribution in [-0.4, -0.2) is 50.7 Å². The van der Waals surface area contributed by atoms with E-state index in [-0.39, 0.29) is 10.7 Å². The summed E-state index contributed by atoms with van der Waals surface area (Å²) in [6.07, 6.45) is 0.952. The van der Waals surface area contributed by atoms with E-state index < -0.39 is 42.9 Å². The van der Waals surface area contributed by atoms with E-state index in [1.165, 1.54) is 5.38 Å². The van der Waals surface area contributed by atoms with Crippen molar-refractivity contribution in [2.45, 2.75) is 5.75 Å². The first kappa shape index (κ1) is 15.1. The Morgan fingerprint density at radius 3 is 2.39 bits per heavy atom. The van der Waals surface area contributed by atoms with Gasteiger partial charge in [-0.15, -0.1) is 11.3 Å². The number of nitrogens with zero attached hydrogens (tertiary/aromatic N) is 1. The van der Waals surface area contributed by atoms with Crippen LogP contribution in [0.4, 0.5) is 0 Å². The van der Waals surface area contributed by atoms with E-state index in [2.05, 4.69) is 4.98 Å². The summed E-state index contributed by atoms with van der Waals surface area (Å²) in [6, 6.07) is 0. The fourth-order valence-corrected chi connectivity index (χ4v) is 4.78. The average Bonchev–Trinajstić information content (AvgIpc) is 2.62. The summed E-state index contributed by atoms with van der Waals surface area (Å²) in [5, 5.41) is 9.77. The van der Waals surface area contributed by atoms with Crippen LogP contribution in [0.1, 0.15) is 15.5 Å². The second-order valence-corrected chi connectivity index (χ2v) is 8.97. The van der Waals surface area contributed by atoms with E-state index in [9.17, 15) is 21.6 Å². The number of rotatable bonds is 6. The quantitative estimate of drug-likeness (QED) is 0.772. The maximum Gasteiger partial charge on any atom is 0.365 e. The molecule has 0 aliphatic carbocycles. The lowest BCUT2D eigenvalue weighted by atomic mass is 10.6. The number of hydrogen-bond acceptors (Lipinski definition) is 7. The summed E-state index contributed by atoms with van der Waals surface area (Å²) in [6.45, 7) is 0. The Morgan fingerprint density at radius 2 is 1.94 bits per heavy atom. The largest absolute Gasteiger partial charge is 0.476 e. The second-order valence-electron chi connectivity index (χ2n) is 3.67. The molecule has 0 atom stereocenters. The van der Waals surface area contributed by atoms with Crippen molar-refractivity contribution in [1.82, 2.24) is 4.98 Å². The molecule has 0 fully saturated rings. The maximum absolute atomic E-state index is 11.6. The molecule has 1 heterocycles. The van der Waals surface area contributed by atoms with Crippen LogP contribution < -0.4 is 0 Å². The Hall–Kier alpha value is -1.00. The zero-order valence-corrected chi connectivity index (χ0v) is 11.8. The molecular formula is C8H11NO6S3. The molecule has 0 saturated carbocycles. The molecule has 0 bridgehead atoms. The molecule has 1 aromatic heterocycles. The van der Waals surface area contributed by atoms with E-state index in [0.717, 1.165) is 17.6 Å². The molecule has 102 valence electrons. The predicted molar refractivity (Wildman–Crippen MR) is 66.3 cm³/mol. The normalized spacial score (nSPS) is 12.5. The molecule has 0 amide bonds. The fraction of sp³-hybridized carbons (Fsp3) is 0.500. The Labute approximate surface area is 108 Å². The number of carboxylic acid groups (broad SMARTS) is 1. The first-order valence-corrected chi connectivity index (χ1v) is 9.41. The minimum Gasteiger partial charge on any atom is -0.476 e. The minimum atomic E-state index is -3.61. The van der Waals surface area contributed by atoms with Gasteiger partial charge >= 0.3 is 5.97 Å². The summed E-state index contributed by atoms with van der Waals surface area (Å²) < 4.78 is 44.9. The van der Waals surface area contributed by atoms with Gasteiger partial charge in [0.1, 0.15) is 9.84 Å². The van der Waals surface area contributed by atoms with Gasteiger partial charge in [0.2, 0.25) is 5.01 Å². The van der Waals surface area contributed by atoms with Crippen molar-refractivity contribution in [1.29, 1.82) is 0 Å². The minimum absolute atomic E-state index is 0.117. The van der Waals surface area contributed by atoms with Gasteiger partial charge in [-0.3, -0.25) is 0 Å². The molecule has 0 radical (unpaired) electrons. The van der Waals surface area contributed by atoms with Crippen molar-refractivity contribution in [3.05, 3.63) is 16.1 Å². The number of thiazole rings is 1. The number of hydrogen-bond donors (Lipinski definition) is 1. The smallest absolute Gasteiger partial charge is 0.365 e. The van der Waals surface area contributed by atoms with Gasteiger partial charge in [-0.25, -0.2) is 26.6 Å². The zero-order valence-electron chi connectivity index (χ0n) is 9.36. The molecule has 0 aromatic carbocycles. The first-order valence-electron chi connectivity index (χ1n) is 4.65. The summed E-state index contributed by atoms with van der Waals surface area (Å²) in [5.74, 6) is -2.62. The van der Waals surface area contributed by atoms with Crippen LogP contribution in [0.2, 0.25) is 0 Å². The van der Waals surface area contributed by atoms with Crippen LogP contribution in [0.15, 0.2) is 5.38 Å². The van der Waals surface area contributed by atoms with Crippen LogP contribution in [0.25, 0.3) is 0 Å². The monoisotopic (exact) mass is 313 g/mol. The molecule has 0 aliphatic rings. The van der Waals surface area contributed by atoms with Crippen LogP contribution in [0.5, 0.6) is 0 Å². The summed E-state index contributed by atoms with van der Waals surface area (Å²) in [5.41, 5.74) is 0.117. The highest BCUT2D eigenvalue weighted by Gasteiger charge is 2.18. The van der Waals surface area contributed by atoms with E-state index >= 15 is 0 Å². The molecule has 0 aliphatic heterocycles. The van der Waals surface area contributed by atoms with Crippen molar-refractivity contribution in [3.63, 3.8) is 0 Å². The molecular weight excluding hydrogens is 302 g/mol. The van der Waals surface area contributed by atoms with Crippen molar-refractivity contribution in [2.24, 2.45) is 0 Å². The van der Waals surface area contributed by atoms with Crippen LogP contribution in [0.3, 0.4) is 0 Å². The van der Waals surface area contributed by atoms with E-state index in [1.807, 2.05) is 0 Å². The van der Waals surface area contributed by atoms with Gasteiger partial charge in [-0.1, -0.05) is 0 Å². The molecule has 7 nitrogen and oxygen atoms in total. The maximum atomic E-state index is 11.6. The molecule has 0 saturated heterocycles. The summed E-state index contributed by atoms with van der Waals surface area (Å²) in [4.78, 5) is 14.2. The van der Waals surface area contributed by atoms with Gasteiger partial charge in [0.25, 0.3) is 0 Å². The highest BCUT2D eigenvalue weighted by molar-refractivity contribution is 7.94. The summed E-state index contributed by atoms with van der Waals surface area (Å²) >= 11 is 0.829. The molecule has 10 heteroatoms. The standard InChI is InChI=1S/C8H11NO6S3/c1-17(12,13)2-3-18(14,15)5-6-4-16-7(9-6)8(10)11/h4H,2-3,5H2,1H3,(H,10,11). The van der Waals surface area contributed by atoms with Gasteiger partial charge in [0, 0.05) is 11.6 Å². The molecule has 1 N–H and O–H groups in total. The van der Waals surface area contributed by atoms with Gasteiger partial charge in [0.15, 0.2) is 9.84 Å². The Morgan fingerprint density at radius 1 is 1.33 bits per heavy atom. The number of carbonyl (C=O) groups is 1. The number of sulfone groups is 2. The molecule has 1 aromatic rings. The van der Waals surface area contributed by atoms with Crippen LogP contribution in [-0.2, 0) is 25.4 Å². The second kappa shape index (κ2) is 5.33. The van der Waals surface area contributed by atoms with E-state index in [1.54, 1.807) is 0 Å². The van der Waals surface area contributed by atoms with E-state index in [0.29, 0.717) is 0 Å². The topological polar surface area (TPSA) is 118 Å². The SMILES string of the molecule is CS(=O)(=O)CCS(=O)(=O)Cc1csc(C(=O)O)n1. The molecule has 0 unspecified atom stereocenters. The third-order valence-corrected chi connectivity index (χ3v) is 5.51.